The number of benzene rings is 1. The van der Waals surface area contributed by atoms with E-state index in [9.17, 15) is 10.1 Å². The van der Waals surface area contributed by atoms with Crippen molar-refractivity contribution >= 4 is 16.6 Å². The summed E-state index contributed by atoms with van der Waals surface area (Å²) in [5, 5.41) is 20.3. The Morgan fingerprint density at radius 2 is 2.30 bits per heavy atom. The number of non-ortho nitro benzene ring substituents is 1. The normalized spacial score (nSPS) is 13.4. The van der Waals surface area contributed by atoms with Crippen molar-refractivity contribution < 1.29 is 9.66 Å². The van der Waals surface area contributed by atoms with Crippen molar-refractivity contribution in [1.29, 1.82) is 5.26 Å². The lowest BCUT2D eigenvalue weighted by atomic mass is 10.1. The van der Waals surface area contributed by atoms with Gasteiger partial charge in [0.1, 0.15) is 17.9 Å². The minimum Gasteiger partial charge on any atom is -0.490 e. The zero-order valence-corrected chi connectivity index (χ0v) is 10.7. The third-order valence-corrected chi connectivity index (χ3v) is 2.69. The van der Waals surface area contributed by atoms with Crippen LogP contribution < -0.4 is 10.5 Å². The van der Waals surface area contributed by atoms with Crippen LogP contribution in [0.2, 0.25) is 0 Å². The molecule has 1 atom stereocenters. The van der Waals surface area contributed by atoms with Crippen LogP contribution >= 0.6 is 0 Å². The van der Waals surface area contributed by atoms with Gasteiger partial charge >= 0.3 is 0 Å². The van der Waals surface area contributed by atoms with Crippen LogP contribution in [0.4, 0.5) is 5.69 Å². The molecule has 1 heterocycles. The monoisotopic (exact) mass is 272 g/mol. The minimum atomic E-state index is -1.13. The van der Waals surface area contributed by atoms with E-state index in [-0.39, 0.29) is 17.8 Å². The Labute approximate surface area is 114 Å². The summed E-state index contributed by atoms with van der Waals surface area (Å²) in [6.07, 6.45) is 1.47. The predicted molar refractivity (Wildman–Crippen MR) is 72.1 cm³/mol. The zero-order chi connectivity index (χ0) is 14.8. The van der Waals surface area contributed by atoms with Gasteiger partial charge in [0.15, 0.2) is 5.52 Å². The Morgan fingerprint density at radius 3 is 2.95 bits per heavy atom. The van der Waals surface area contributed by atoms with E-state index in [4.69, 9.17) is 15.7 Å². The Hall–Kier alpha value is -2.72. The maximum Gasteiger partial charge on any atom is 0.295 e. The second kappa shape index (κ2) is 5.11. The maximum atomic E-state index is 11.0. The Bertz CT molecular complexity index is 706. The number of pyridine rings is 1. The standard InChI is InChI=1S/C13H12N4O3/c1-13(15,7-14)8-20-11-5-4-10(17(18)19)12-9(11)3-2-6-16-12/h2-6H,8,15H2,1H3. The van der Waals surface area contributed by atoms with Crippen LogP contribution in [0.25, 0.3) is 10.9 Å². The van der Waals surface area contributed by atoms with Crippen molar-refractivity contribution in [3.63, 3.8) is 0 Å². The second-order valence-electron chi connectivity index (χ2n) is 4.56. The Kier molecular flexibility index (Phi) is 3.50. The van der Waals surface area contributed by atoms with Crippen LogP contribution in [-0.4, -0.2) is 22.1 Å². The van der Waals surface area contributed by atoms with Gasteiger partial charge in [0, 0.05) is 17.6 Å². The molecule has 1 aromatic heterocycles. The second-order valence-corrected chi connectivity index (χ2v) is 4.56. The van der Waals surface area contributed by atoms with E-state index in [1.165, 1.54) is 18.3 Å². The number of nitriles is 1. The first kappa shape index (κ1) is 13.7. The number of ether oxygens (including phenoxy) is 1. The van der Waals surface area contributed by atoms with Crippen LogP contribution in [0.15, 0.2) is 30.5 Å². The molecule has 2 N–H and O–H groups in total. The average molecular weight is 272 g/mol. The molecule has 102 valence electrons. The summed E-state index contributed by atoms with van der Waals surface area (Å²) in [6.45, 7) is 1.52. The number of nitrogens with zero attached hydrogens (tertiary/aromatic N) is 3. The fourth-order valence-electron chi connectivity index (χ4n) is 1.66. The number of hydrogen-bond acceptors (Lipinski definition) is 6. The first-order valence-corrected chi connectivity index (χ1v) is 5.80. The van der Waals surface area contributed by atoms with Crippen molar-refractivity contribution in [2.45, 2.75) is 12.5 Å². The lowest BCUT2D eigenvalue weighted by Gasteiger charge is -2.17. The summed E-state index contributed by atoms with van der Waals surface area (Å²) in [7, 11) is 0. The van der Waals surface area contributed by atoms with E-state index in [1.54, 1.807) is 19.1 Å². The van der Waals surface area contributed by atoms with Crippen molar-refractivity contribution in [1.82, 2.24) is 4.98 Å². The SMILES string of the molecule is CC(N)(C#N)COc1ccc([N+](=O)[O-])c2ncccc12. The maximum absolute atomic E-state index is 11.0. The molecular weight excluding hydrogens is 260 g/mol. The lowest BCUT2D eigenvalue weighted by molar-refractivity contribution is -0.383. The number of nitro groups is 1. The van der Waals surface area contributed by atoms with E-state index in [0.717, 1.165) is 0 Å². The molecule has 0 aliphatic carbocycles. The molecule has 1 aromatic carbocycles. The van der Waals surface area contributed by atoms with Gasteiger partial charge < -0.3 is 10.5 Å². The molecule has 7 nitrogen and oxygen atoms in total. The topological polar surface area (TPSA) is 115 Å². The summed E-state index contributed by atoms with van der Waals surface area (Å²) in [6, 6.07) is 8.05. The van der Waals surface area contributed by atoms with E-state index in [2.05, 4.69) is 4.98 Å². The van der Waals surface area contributed by atoms with Gasteiger partial charge in [-0.15, -0.1) is 0 Å². The number of rotatable bonds is 4. The van der Waals surface area contributed by atoms with Crippen molar-refractivity contribution in [2.24, 2.45) is 5.73 Å². The molecule has 2 aromatic rings. The van der Waals surface area contributed by atoms with Crippen LogP contribution in [0.5, 0.6) is 5.75 Å². The van der Waals surface area contributed by atoms with Gasteiger partial charge in [-0.25, -0.2) is 4.98 Å². The highest BCUT2D eigenvalue weighted by Crippen LogP contribution is 2.31. The van der Waals surface area contributed by atoms with Gasteiger partial charge in [0.25, 0.3) is 5.69 Å². The summed E-state index contributed by atoms with van der Waals surface area (Å²) in [5.41, 5.74) is 4.70. The molecule has 0 radical (unpaired) electrons. The van der Waals surface area contributed by atoms with E-state index in [1.807, 2.05) is 6.07 Å². The van der Waals surface area contributed by atoms with Gasteiger partial charge in [-0.05, 0) is 25.1 Å². The smallest absolute Gasteiger partial charge is 0.295 e. The zero-order valence-electron chi connectivity index (χ0n) is 10.7. The molecule has 0 fully saturated rings. The molecule has 20 heavy (non-hydrogen) atoms. The molecule has 0 saturated heterocycles. The molecule has 0 aliphatic heterocycles. The third-order valence-electron chi connectivity index (χ3n) is 2.69. The molecular formula is C13H12N4O3. The van der Waals surface area contributed by atoms with E-state index >= 15 is 0 Å². The van der Waals surface area contributed by atoms with Crippen molar-refractivity contribution in [3.05, 3.63) is 40.6 Å². The highest BCUT2D eigenvalue weighted by Gasteiger charge is 2.21. The number of hydrogen-bond donors (Lipinski definition) is 1. The fourth-order valence-corrected chi connectivity index (χ4v) is 1.66. The highest BCUT2D eigenvalue weighted by molar-refractivity contribution is 5.91. The van der Waals surface area contributed by atoms with E-state index in [0.29, 0.717) is 11.1 Å². The summed E-state index contributed by atoms with van der Waals surface area (Å²) in [4.78, 5) is 14.5. The van der Waals surface area contributed by atoms with Gasteiger partial charge in [-0.2, -0.15) is 5.26 Å². The van der Waals surface area contributed by atoms with Gasteiger partial charge in [0.05, 0.1) is 11.0 Å². The molecule has 1 unspecified atom stereocenters. The van der Waals surface area contributed by atoms with Crippen LogP contribution in [0, 0.1) is 21.4 Å². The molecule has 0 saturated carbocycles. The minimum absolute atomic E-state index is 0.0225. The Balaban J connectivity index is 2.44. The van der Waals surface area contributed by atoms with Crippen LogP contribution in [-0.2, 0) is 0 Å². The molecule has 0 amide bonds. The largest absolute Gasteiger partial charge is 0.490 e. The summed E-state index contributed by atoms with van der Waals surface area (Å²) < 4.78 is 5.50. The first-order valence-electron chi connectivity index (χ1n) is 5.80. The van der Waals surface area contributed by atoms with E-state index < -0.39 is 10.5 Å². The van der Waals surface area contributed by atoms with Crippen molar-refractivity contribution in [3.8, 4) is 11.8 Å². The van der Waals surface area contributed by atoms with Gasteiger partial charge in [-0.1, -0.05) is 0 Å². The number of nitro benzene ring substituents is 1. The molecule has 7 heteroatoms. The Morgan fingerprint density at radius 1 is 1.55 bits per heavy atom. The summed E-state index contributed by atoms with van der Waals surface area (Å²) in [5.74, 6) is 0.408. The number of aromatic nitrogens is 1. The van der Waals surface area contributed by atoms with Crippen LogP contribution in [0.1, 0.15) is 6.92 Å². The number of nitrogens with two attached hydrogens (primary N) is 1. The molecule has 0 bridgehead atoms. The summed E-state index contributed by atoms with van der Waals surface area (Å²) >= 11 is 0. The number of fused-ring (bicyclic) bond motifs is 1. The molecule has 0 aliphatic rings. The van der Waals surface area contributed by atoms with Crippen molar-refractivity contribution in [2.75, 3.05) is 6.61 Å². The fraction of sp³-hybridized carbons (Fsp3) is 0.231. The highest BCUT2D eigenvalue weighted by atomic mass is 16.6. The molecule has 2 rings (SSSR count). The average Bonchev–Trinajstić information content (AvgIpc) is 2.44. The third kappa shape index (κ3) is 2.65. The van der Waals surface area contributed by atoms with Gasteiger partial charge in [0.2, 0.25) is 0 Å². The quantitative estimate of drug-likeness (QED) is 0.669. The predicted octanol–water partition coefficient (Wildman–Crippen LogP) is 1.76. The molecule has 0 spiro atoms. The van der Waals surface area contributed by atoms with Crippen LogP contribution in [0.3, 0.4) is 0 Å². The first-order chi connectivity index (χ1) is 9.44. The lowest BCUT2D eigenvalue weighted by Crippen LogP contribution is -2.40. The van der Waals surface area contributed by atoms with Gasteiger partial charge in [-0.3, -0.25) is 10.1 Å².